The van der Waals surface area contributed by atoms with Crippen molar-refractivity contribution >= 4 is 17.5 Å². The van der Waals surface area contributed by atoms with Crippen molar-refractivity contribution in [2.45, 2.75) is 20.8 Å². The summed E-state index contributed by atoms with van der Waals surface area (Å²) in [5.41, 5.74) is 3.62. The Kier molecular flexibility index (Phi) is 5.14. The van der Waals surface area contributed by atoms with Crippen LogP contribution in [0.3, 0.4) is 0 Å². The fourth-order valence-electron chi connectivity index (χ4n) is 2.67. The second-order valence-electron chi connectivity index (χ2n) is 5.64. The van der Waals surface area contributed by atoms with Crippen molar-refractivity contribution in [2.24, 2.45) is 0 Å². The van der Waals surface area contributed by atoms with Gasteiger partial charge in [-0.05, 0) is 56.2 Å². The fourth-order valence-corrected chi connectivity index (χ4v) is 2.67. The number of ketones is 2. The van der Waals surface area contributed by atoms with Gasteiger partial charge in [0.1, 0.15) is 5.75 Å². The highest BCUT2D eigenvalue weighted by Gasteiger charge is 2.15. The summed E-state index contributed by atoms with van der Waals surface area (Å²) in [4.78, 5) is 34.3. The molecule has 0 spiro atoms. The first-order chi connectivity index (χ1) is 11.3. The molecule has 5 nitrogen and oxygen atoms in total. The van der Waals surface area contributed by atoms with Crippen LogP contribution in [-0.4, -0.2) is 29.2 Å². The number of aliphatic carboxylic acids is 1. The molecule has 0 heterocycles. The maximum Gasteiger partial charge on any atom is 0.377 e. The summed E-state index contributed by atoms with van der Waals surface area (Å²) in [6.45, 7) is 5.63. The zero-order valence-electron chi connectivity index (χ0n) is 13.8. The second-order valence-corrected chi connectivity index (χ2v) is 5.64. The van der Waals surface area contributed by atoms with E-state index in [-0.39, 0.29) is 18.0 Å². The zero-order chi connectivity index (χ0) is 17.9. The first kappa shape index (κ1) is 17.4. The summed E-state index contributed by atoms with van der Waals surface area (Å²) in [6.07, 6.45) is 0. The molecule has 24 heavy (non-hydrogen) atoms. The van der Waals surface area contributed by atoms with Gasteiger partial charge in [-0.2, -0.15) is 0 Å². The average molecular weight is 326 g/mol. The molecular formula is C19H18O5. The molecule has 0 amide bonds. The number of hydrogen-bond acceptors (Lipinski definition) is 4. The third kappa shape index (κ3) is 3.87. The van der Waals surface area contributed by atoms with E-state index in [1.165, 1.54) is 24.3 Å². The lowest BCUT2D eigenvalue weighted by Gasteiger charge is -2.11. The predicted molar refractivity (Wildman–Crippen MR) is 88.9 cm³/mol. The van der Waals surface area contributed by atoms with Crippen LogP contribution in [-0.2, 0) is 4.79 Å². The molecule has 0 aliphatic heterocycles. The first-order valence-corrected chi connectivity index (χ1v) is 7.41. The van der Waals surface area contributed by atoms with Crippen LogP contribution in [0.15, 0.2) is 36.4 Å². The molecule has 0 radical (unpaired) electrons. The van der Waals surface area contributed by atoms with Crippen molar-refractivity contribution in [3.63, 3.8) is 0 Å². The Hall–Kier alpha value is -2.95. The monoisotopic (exact) mass is 326 g/mol. The number of aryl methyl sites for hydroxylation is 3. The molecule has 2 rings (SSSR count). The van der Waals surface area contributed by atoms with Crippen LogP contribution >= 0.6 is 0 Å². The predicted octanol–water partition coefficient (Wildman–Crippen LogP) is 3.14. The van der Waals surface area contributed by atoms with E-state index in [1.807, 2.05) is 32.9 Å². The van der Waals surface area contributed by atoms with Gasteiger partial charge < -0.3 is 9.84 Å². The quantitative estimate of drug-likeness (QED) is 0.651. The Morgan fingerprint density at radius 3 is 2.00 bits per heavy atom. The Bertz CT molecular complexity index is 780. The summed E-state index contributed by atoms with van der Waals surface area (Å²) in [7, 11) is 0. The molecular weight excluding hydrogens is 308 g/mol. The molecule has 0 aliphatic rings. The minimum absolute atomic E-state index is 0.0615. The van der Waals surface area contributed by atoms with Crippen molar-refractivity contribution in [3.05, 3.63) is 64.2 Å². The van der Waals surface area contributed by atoms with Gasteiger partial charge in [0.15, 0.2) is 6.61 Å². The number of Topliss-reactive ketones (excluding diaryl/α,β-unsaturated/α-hetero) is 2. The zero-order valence-corrected chi connectivity index (χ0v) is 13.8. The minimum atomic E-state index is -1.51. The van der Waals surface area contributed by atoms with E-state index in [1.54, 1.807) is 0 Å². The van der Waals surface area contributed by atoms with Crippen molar-refractivity contribution in [1.29, 1.82) is 0 Å². The Morgan fingerprint density at radius 1 is 0.958 bits per heavy atom. The van der Waals surface area contributed by atoms with Gasteiger partial charge in [0, 0.05) is 11.1 Å². The van der Waals surface area contributed by atoms with Gasteiger partial charge in [-0.3, -0.25) is 9.59 Å². The number of ether oxygens (including phenoxy) is 1. The van der Waals surface area contributed by atoms with Crippen molar-refractivity contribution in [3.8, 4) is 5.75 Å². The van der Waals surface area contributed by atoms with Gasteiger partial charge in [-0.15, -0.1) is 0 Å². The molecule has 0 aliphatic carbocycles. The largest absolute Gasteiger partial charge is 0.485 e. The lowest BCUT2D eigenvalue weighted by atomic mass is 9.97. The Labute approximate surface area is 139 Å². The number of carbonyl (C=O) groups excluding carboxylic acids is 2. The number of carbonyl (C=O) groups is 3. The molecule has 0 saturated carbocycles. The van der Waals surface area contributed by atoms with E-state index >= 15 is 0 Å². The van der Waals surface area contributed by atoms with Crippen LogP contribution in [0.1, 0.15) is 37.4 Å². The van der Waals surface area contributed by atoms with Crippen molar-refractivity contribution < 1.29 is 24.2 Å². The van der Waals surface area contributed by atoms with Gasteiger partial charge in [0.05, 0.1) is 0 Å². The lowest BCUT2D eigenvalue weighted by Crippen LogP contribution is -2.15. The summed E-state index contributed by atoms with van der Waals surface area (Å²) in [6, 6.07) is 9.56. The molecule has 124 valence electrons. The maximum atomic E-state index is 12.4. The molecule has 2 aromatic rings. The molecule has 0 unspecified atom stereocenters. The summed E-state index contributed by atoms with van der Waals surface area (Å²) in [5.74, 6) is -2.23. The van der Waals surface area contributed by atoms with E-state index in [2.05, 4.69) is 0 Å². The van der Waals surface area contributed by atoms with Gasteiger partial charge in [0.2, 0.25) is 5.78 Å². The van der Waals surface area contributed by atoms with Gasteiger partial charge in [0.25, 0.3) is 5.78 Å². The van der Waals surface area contributed by atoms with Crippen molar-refractivity contribution in [1.82, 2.24) is 0 Å². The normalized spacial score (nSPS) is 10.3. The molecule has 5 heteroatoms. The number of benzene rings is 2. The average Bonchev–Trinajstić information content (AvgIpc) is 2.51. The standard InChI is InChI=1S/C19H18O5/c1-11-8-12(2)17(13(3)9-11)16(20)10-24-15-6-4-14(5-7-15)18(21)19(22)23/h4-9H,10H2,1-3H3,(H,22,23). The lowest BCUT2D eigenvalue weighted by molar-refractivity contribution is -0.131. The topological polar surface area (TPSA) is 80.7 Å². The van der Waals surface area contributed by atoms with E-state index in [0.29, 0.717) is 11.3 Å². The molecule has 0 bridgehead atoms. The molecule has 2 aromatic carbocycles. The minimum Gasteiger partial charge on any atom is -0.485 e. The summed E-state index contributed by atoms with van der Waals surface area (Å²) in [5, 5.41) is 8.65. The van der Waals surface area contributed by atoms with E-state index in [0.717, 1.165) is 16.7 Å². The van der Waals surface area contributed by atoms with Crippen LogP contribution in [0.25, 0.3) is 0 Å². The summed E-state index contributed by atoms with van der Waals surface area (Å²) >= 11 is 0. The number of carboxylic acids is 1. The SMILES string of the molecule is Cc1cc(C)c(C(=O)COc2ccc(C(=O)C(=O)O)cc2)c(C)c1. The van der Waals surface area contributed by atoms with E-state index in [4.69, 9.17) is 9.84 Å². The third-order valence-corrected chi connectivity index (χ3v) is 3.64. The number of rotatable bonds is 6. The highest BCUT2D eigenvalue weighted by Crippen LogP contribution is 2.18. The first-order valence-electron chi connectivity index (χ1n) is 7.41. The third-order valence-electron chi connectivity index (χ3n) is 3.64. The van der Waals surface area contributed by atoms with Crippen LogP contribution in [0.4, 0.5) is 0 Å². The Balaban J connectivity index is 2.07. The number of carboxylic acid groups (broad SMARTS) is 1. The van der Waals surface area contributed by atoms with Gasteiger partial charge in [-0.1, -0.05) is 17.7 Å². The molecule has 0 aromatic heterocycles. The van der Waals surface area contributed by atoms with Crippen LogP contribution in [0.2, 0.25) is 0 Å². The van der Waals surface area contributed by atoms with Gasteiger partial charge >= 0.3 is 5.97 Å². The van der Waals surface area contributed by atoms with Crippen LogP contribution in [0.5, 0.6) is 5.75 Å². The highest BCUT2D eigenvalue weighted by molar-refractivity contribution is 6.39. The van der Waals surface area contributed by atoms with E-state index in [9.17, 15) is 14.4 Å². The smallest absolute Gasteiger partial charge is 0.377 e. The molecule has 0 atom stereocenters. The molecule has 0 fully saturated rings. The molecule has 0 saturated heterocycles. The highest BCUT2D eigenvalue weighted by atomic mass is 16.5. The van der Waals surface area contributed by atoms with Gasteiger partial charge in [-0.25, -0.2) is 4.79 Å². The van der Waals surface area contributed by atoms with Crippen LogP contribution in [0, 0.1) is 20.8 Å². The van der Waals surface area contributed by atoms with Crippen LogP contribution < -0.4 is 4.74 Å². The number of hydrogen-bond donors (Lipinski definition) is 1. The van der Waals surface area contributed by atoms with Crippen molar-refractivity contribution in [2.75, 3.05) is 6.61 Å². The maximum absolute atomic E-state index is 12.4. The Morgan fingerprint density at radius 2 is 1.50 bits per heavy atom. The second kappa shape index (κ2) is 7.08. The van der Waals surface area contributed by atoms with E-state index < -0.39 is 11.8 Å². The fraction of sp³-hybridized carbons (Fsp3) is 0.211. The molecule has 1 N–H and O–H groups in total. The summed E-state index contributed by atoms with van der Waals surface area (Å²) < 4.78 is 5.45.